The number of hydrogen-bond acceptors (Lipinski definition) is 5. The maximum atomic E-state index is 12.2. The summed E-state index contributed by atoms with van der Waals surface area (Å²) in [5.74, 6) is -0.712. The van der Waals surface area contributed by atoms with Crippen LogP contribution in [0.4, 0.5) is 11.4 Å². The lowest BCUT2D eigenvalue weighted by atomic mass is 10.2. The van der Waals surface area contributed by atoms with Gasteiger partial charge in [0.2, 0.25) is 0 Å². The van der Waals surface area contributed by atoms with Gasteiger partial charge in [-0.25, -0.2) is 0 Å². The average molecular weight is 357 g/mol. The molecule has 0 saturated carbocycles. The molecule has 25 heavy (non-hydrogen) atoms. The van der Waals surface area contributed by atoms with E-state index in [1.807, 2.05) is 25.1 Å². The highest BCUT2D eigenvalue weighted by Gasteiger charge is 2.13. The summed E-state index contributed by atoms with van der Waals surface area (Å²) in [6, 6.07) is 14.2. The van der Waals surface area contributed by atoms with Crippen LogP contribution in [0.5, 0.6) is 0 Å². The van der Waals surface area contributed by atoms with E-state index in [0.29, 0.717) is 0 Å². The normalized spacial score (nSPS) is 11.5. The fraction of sp³-hybridized carbons (Fsp3) is 0.0588. The van der Waals surface area contributed by atoms with Crippen LogP contribution in [0.2, 0.25) is 0 Å². The van der Waals surface area contributed by atoms with E-state index in [4.69, 9.17) is 9.81 Å². The van der Waals surface area contributed by atoms with Crippen molar-refractivity contribution >= 4 is 27.4 Å². The third kappa shape index (κ3) is 4.91. The minimum absolute atomic E-state index is 0.136. The highest BCUT2D eigenvalue weighted by molar-refractivity contribution is 7.85. The Morgan fingerprint density at radius 2 is 1.92 bits per heavy atom. The van der Waals surface area contributed by atoms with Crippen LogP contribution in [0, 0.1) is 18.3 Å². The van der Waals surface area contributed by atoms with Crippen LogP contribution in [-0.4, -0.2) is 18.9 Å². The van der Waals surface area contributed by atoms with Gasteiger partial charge in [-0.15, -0.1) is 0 Å². The number of nitrogens with zero attached hydrogens (tertiary/aromatic N) is 1. The molecule has 0 spiro atoms. The van der Waals surface area contributed by atoms with Crippen LogP contribution >= 0.6 is 0 Å². The van der Waals surface area contributed by atoms with Gasteiger partial charge in [0.15, 0.2) is 0 Å². The van der Waals surface area contributed by atoms with Gasteiger partial charge in [0.05, 0.1) is 4.90 Å². The number of carbonyl (C=O) groups is 1. The van der Waals surface area contributed by atoms with Gasteiger partial charge in [-0.2, -0.15) is 13.7 Å². The van der Waals surface area contributed by atoms with Crippen molar-refractivity contribution in [2.45, 2.75) is 11.8 Å². The molecule has 0 aliphatic carbocycles. The second-order valence-corrected chi connectivity index (χ2v) is 6.51. The molecule has 0 unspecified atom stereocenters. The molecule has 0 saturated heterocycles. The van der Waals surface area contributed by atoms with E-state index in [9.17, 15) is 13.2 Å². The smallest absolute Gasteiger partial charge is 0.294 e. The predicted molar refractivity (Wildman–Crippen MR) is 93.4 cm³/mol. The van der Waals surface area contributed by atoms with Crippen molar-refractivity contribution in [2.75, 3.05) is 10.6 Å². The zero-order chi connectivity index (χ0) is 18.4. The van der Waals surface area contributed by atoms with E-state index < -0.39 is 16.0 Å². The summed E-state index contributed by atoms with van der Waals surface area (Å²) in [5.41, 5.74) is 1.63. The maximum absolute atomic E-state index is 12.2. The zero-order valence-electron chi connectivity index (χ0n) is 13.2. The van der Waals surface area contributed by atoms with E-state index in [0.717, 1.165) is 17.3 Å². The third-order valence-corrected chi connectivity index (χ3v) is 4.12. The highest BCUT2D eigenvalue weighted by Crippen LogP contribution is 2.17. The lowest BCUT2D eigenvalue weighted by Gasteiger charge is -2.07. The first-order chi connectivity index (χ1) is 11.8. The molecule has 0 aliphatic heterocycles. The first-order valence-corrected chi connectivity index (χ1v) is 8.56. The zero-order valence-corrected chi connectivity index (χ0v) is 14.0. The topological polar surface area (TPSA) is 119 Å². The fourth-order valence-corrected chi connectivity index (χ4v) is 2.49. The number of rotatable bonds is 5. The van der Waals surface area contributed by atoms with Crippen LogP contribution in [-0.2, 0) is 14.9 Å². The number of hydrogen-bond donors (Lipinski definition) is 3. The molecule has 7 nitrogen and oxygen atoms in total. The van der Waals surface area contributed by atoms with E-state index in [1.54, 1.807) is 12.1 Å². The summed E-state index contributed by atoms with van der Waals surface area (Å²) in [7, 11) is -4.38. The number of aryl methyl sites for hydroxylation is 1. The number of carbonyl (C=O) groups excluding carboxylic acids is 1. The van der Waals surface area contributed by atoms with E-state index in [-0.39, 0.29) is 16.2 Å². The molecule has 128 valence electrons. The van der Waals surface area contributed by atoms with Crippen molar-refractivity contribution < 1.29 is 17.8 Å². The lowest BCUT2D eigenvalue weighted by Crippen LogP contribution is -2.15. The van der Waals surface area contributed by atoms with Crippen LogP contribution < -0.4 is 10.6 Å². The van der Waals surface area contributed by atoms with Crippen molar-refractivity contribution in [1.29, 1.82) is 5.26 Å². The molecule has 2 aromatic carbocycles. The minimum Gasteiger partial charge on any atom is -0.360 e. The minimum atomic E-state index is -4.38. The molecule has 0 bridgehead atoms. The molecule has 0 aliphatic rings. The maximum Gasteiger partial charge on any atom is 0.294 e. The lowest BCUT2D eigenvalue weighted by molar-refractivity contribution is -0.112. The van der Waals surface area contributed by atoms with Gasteiger partial charge < -0.3 is 10.6 Å². The third-order valence-electron chi connectivity index (χ3n) is 3.27. The number of para-hydroxylation sites is 1. The van der Waals surface area contributed by atoms with Crippen molar-refractivity contribution in [3.8, 4) is 6.07 Å². The molecule has 0 heterocycles. The monoisotopic (exact) mass is 357 g/mol. The van der Waals surface area contributed by atoms with Gasteiger partial charge in [-0.3, -0.25) is 9.35 Å². The van der Waals surface area contributed by atoms with E-state index in [1.165, 1.54) is 24.4 Å². The van der Waals surface area contributed by atoms with Crippen molar-refractivity contribution in [2.24, 2.45) is 0 Å². The van der Waals surface area contributed by atoms with Crippen LogP contribution in [0.3, 0.4) is 0 Å². The molecular formula is C17H15N3O4S. The molecule has 0 aromatic heterocycles. The molecule has 0 atom stereocenters. The number of anilines is 2. The molecular weight excluding hydrogens is 342 g/mol. The number of benzene rings is 2. The van der Waals surface area contributed by atoms with Gasteiger partial charge in [0.1, 0.15) is 11.6 Å². The van der Waals surface area contributed by atoms with Crippen molar-refractivity contribution in [3.05, 3.63) is 65.9 Å². The summed E-state index contributed by atoms with van der Waals surface area (Å²) in [6.07, 6.45) is 1.27. The first kappa shape index (κ1) is 18.2. The summed E-state index contributed by atoms with van der Waals surface area (Å²) in [6.45, 7) is 1.88. The molecule has 2 aromatic rings. The Kier molecular flexibility index (Phi) is 5.54. The molecule has 0 radical (unpaired) electrons. The molecule has 3 N–H and O–H groups in total. The van der Waals surface area contributed by atoms with Gasteiger partial charge in [-0.05, 0) is 36.8 Å². The van der Waals surface area contributed by atoms with Crippen LogP contribution in [0.15, 0.2) is 65.2 Å². The number of amides is 1. The largest absolute Gasteiger partial charge is 0.360 e. The Morgan fingerprint density at radius 3 is 2.56 bits per heavy atom. The second kappa shape index (κ2) is 7.61. The summed E-state index contributed by atoms with van der Waals surface area (Å²) < 4.78 is 31.3. The van der Waals surface area contributed by atoms with Gasteiger partial charge in [-0.1, -0.05) is 24.3 Å². The Bertz CT molecular complexity index is 975. The van der Waals surface area contributed by atoms with Crippen molar-refractivity contribution in [3.63, 3.8) is 0 Å². The van der Waals surface area contributed by atoms with Crippen molar-refractivity contribution in [1.82, 2.24) is 0 Å². The quantitative estimate of drug-likeness (QED) is 0.430. The van der Waals surface area contributed by atoms with Crippen LogP contribution in [0.25, 0.3) is 0 Å². The SMILES string of the molecule is Cc1ccccc1N/C=C(/C#N)C(=O)Nc1cccc(S(=O)(=O)O)c1. The van der Waals surface area contributed by atoms with Gasteiger partial charge in [0.25, 0.3) is 16.0 Å². The standard InChI is InChI=1S/C17H15N3O4S/c1-12-5-2-3-8-16(12)19-11-13(10-18)17(21)20-14-6-4-7-15(9-14)25(22,23)24/h2-9,11,19H,1H3,(H,20,21)(H,22,23,24)/b13-11-. The fourth-order valence-electron chi connectivity index (χ4n) is 1.97. The predicted octanol–water partition coefficient (Wildman–Crippen LogP) is 2.70. The van der Waals surface area contributed by atoms with E-state index >= 15 is 0 Å². The summed E-state index contributed by atoms with van der Waals surface area (Å²) in [5, 5.41) is 14.4. The molecule has 1 amide bonds. The van der Waals surface area contributed by atoms with Crippen LogP contribution in [0.1, 0.15) is 5.56 Å². The Morgan fingerprint density at radius 1 is 1.20 bits per heavy atom. The summed E-state index contributed by atoms with van der Waals surface area (Å²) >= 11 is 0. The Hall–Kier alpha value is -3.15. The molecule has 0 fully saturated rings. The average Bonchev–Trinajstić information content (AvgIpc) is 2.56. The summed E-state index contributed by atoms with van der Waals surface area (Å²) in [4.78, 5) is 11.8. The van der Waals surface area contributed by atoms with Gasteiger partial charge in [0, 0.05) is 17.6 Å². The number of nitrogens with one attached hydrogen (secondary N) is 2. The second-order valence-electron chi connectivity index (χ2n) is 5.09. The number of nitriles is 1. The Labute approximate surface area is 145 Å². The molecule has 8 heteroatoms. The first-order valence-electron chi connectivity index (χ1n) is 7.12. The Balaban J connectivity index is 2.17. The highest BCUT2D eigenvalue weighted by atomic mass is 32.2. The van der Waals surface area contributed by atoms with E-state index in [2.05, 4.69) is 10.6 Å². The molecule has 2 rings (SSSR count). The van der Waals surface area contributed by atoms with Gasteiger partial charge >= 0.3 is 0 Å².